The third kappa shape index (κ3) is 1.26. The van der Waals surface area contributed by atoms with Crippen molar-refractivity contribution in [3.63, 3.8) is 0 Å². The van der Waals surface area contributed by atoms with Crippen molar-refractivity contribution in [1.29, 1.82) is 0 Å². The summed E-state index contributed by atoms with van der Waals surface area (Å²) in [6, 6.07) is 0. The summed E-state index contributed by atoms with van der Waals surface area (Å²) in [5.74, 6) is 0. The predicted octanol–water partition coefficient (Wildman–Crippen LogP) is 0.842. The molecule has 0 bridgehead atoms. The lowest BCUT2D eigenvalue weighted by atomic mass is 9.97. The number of hydrogen-bond donors (Lipinski definition) is 0. The first-order valence-corrected chi connectivity index (χ1v) is 4.59. The standard InChI is InChI=1S/C9H17NO2/c1-9(2,3)10-6-7-8(10)12-5-4-11-7/h7-8H,4-6H2,1-3H3. The minimum Gasteiger partial charge on any atom is -0.370 e. The van der Waals surface area contributed by atoms with Gasteiger partial charge in [-0.25, -0.2) is 0 Å². The number of rotatable bonds is 0. The summed E-state index contributed by atoms with van der Waals surface area (Å²) in [4.78, 5) is 2.34. The van der Waals surface area contributed by atoms with E-state index < -0.39 is 0 Å². The van der Waals surface area contributed by atoms with Crippen molar-refractivity contribution in [1.82, 2.24) is 4.90 Å². The molecule has 0 aromatic carbocycles. The molecule has 2 fully saturated rings. The van der Waals surface area contributed by atoms with Gasteiger partial charge in [-0.3, -0.25) is 4.90 Å². The molecule has 0 N–H and O–H groups in total. The Bertz CT molecular complexity index is 176. The van der Waals surface area contributed by atoms with Crippen molar-refractivity contribution in [3.05, 3.63) is 0 Å². The monoisotopic (exact) mass is 171 g/mol. The van der Waals surface area contributed by atoms with Crippen molar-refractivity contribution in [2.24, 2.45) is 0 Å². The van der Waals surface area contributed by atoms with Gasteiger partial charge in [0.05, 0.1) is 13.2 Å². The van der Waals surface area contributed by atoms with E-state index in [2.05, 4.69) is 25.7 Å². The molecule has 3 heteroatoms. The fourth-order valence-corrected chi connectivity index (χ4v) is 1.81. The lowest BCUT2D eigenvalue weighted by Crippen LogP contribution is -2.69. The zero-order valence-electron chi connectivity index (χ0n) is 8.04. The Morgan fingerprint density at radius 3 is 2.42 bits per heavy atom. The Morgan fingerprint density at radius 1 is 1.17 bits per heavy atom. The molecule has 2 aliphatic heterocycles. The number of ether oxygens (including phenoxy) is 2. The maximum absolute atomic E-state index is 5.62. The highest BCUT2D eigenvalue weighted by Gasteiger charge is 2.47. The maximum atomic E-state index is 5.62. The molecule has 0 saturated carbocycles. The molecule has 2 saturated heterocycles. The normalized spacial score (nSPS) is 37.2. The molecule has 70 valence electrons. The fraction of sp³-hybridized carbons (Fsp3) is 1.00. The van der Waals surface area contributed by atoms with Gasteiger partial charge >= 0.3 is 0 Å². The van der Waals surface area contributed by atoms with E-state index in [0.717, 1.165) is 19.8 Å². The molecule has 12 heavy (non-hydrogen) atoms. The summed E-state index contributed by atoms with van der Waals surface area (Å²) >= 11 is 0. The summed E-state index contributed by atoms with van der Waals surface area (Å²) in [7, 11) is 0. The molecule has 2 rings (SSSR count). The van der Waals surface area contributed by atoms with Crippen LogP contribution < -0.4 is 0 Å². The highest BCUT2D eigenvalue weighted by Crippen LogP contribution is 2.32. The summed E-state index contributed by atoms with van der Waals surface area (Å²) in [6.07, 6.45) is 0.553. The second-order valence-electron chi connectivity index (χ2n) is 4.49. The minimum absolute atomic E-state index is 0.210. The van der Waals surface area contributed by atoms with Crippen LogP contribution >= 0.6 is 0 Å². The largest absolute Gasteiger partial charge is 0.370 e. The lowest BCUT2D eigenvalue weighted by molar-refractivity contribution is -0.281. The molecule has 0 aromatic heterocycles. The Labute approximate surface area is 73.6 Å². The van der Waals surface area contributed by atoms with Crippen molar-refractivity contribution in [2.45, 2.75) is 38.6 Å². The third-order valence-electron chi connectivity index (χ3n) is 2.57. The van der Waals surface area contributed by atoms with Gasteiger partial charge in [0.2, 0.25) is 0 Å². The molecule has 0 aliphatic carbocycles. The summed E-state index contributed by atoms with van der Waals surface area (Å²) in [6.45, 7) is 9.16. The zero-order valence-corrected chi connectivity index (χ0v) is 8.04. The van der Waals surface area contributed by atoms with Gasteiger partial charge in [0.1, 0.15) is 12.3 Å². The topological polar surface area (TPSA) is 21.7 Å². The van der Waals surface area contributed by atoms with E-state index in [9.17, 15) is 0 Å². The van der Waals surface area contributed by atoms with E-state index >= 15 is 0 Å². The van der Waals surface area contributed by atoms with Gasteiger partial charge < -0.3 is 9.47 Å². The molecular formula is C9H17NO2. The molecule has 0 aromatic rings. The van der Waals surface area contributed by atoms with Gasteiger partial charge in [0, 0.05) is 12.1 Å². The molecule has 0 spiro atoms. The van der Waals surface area contributed by atoms with E-state index in [1.807, 2.05) is 0 Å². The maximum Gasteiger partial charge on any atom is 0.138 e. The van der Waals surface area contributed by atoms with Crippen molar-refractivity contribution >= 4 is 0 Å². The smallest absolute Gasteiger partial charge is 0.138 e. The highest BCUT2D eigenvalue weighted by atomic mass is 16.6. The first kappa shape index (κ1) is 8.48. The second-order valence-corrected chi connectivity index (χ2v) is 4.49. The molecule has 2 aliphatic rings. The Balaban J connectivity index is 1.97. The van der Waals surface area contributed by atoms with Crippen molar-refractivity contribution in [3.8, 4) is 0 Å². The molecule has 3 nitrogen and oxygen atoms in total. The van der Waals surface area contributed by atoms with Gasteiger partial charge in [-0.1, -0.05) is 0 Å². The van der Waals surface area contributed by atoms with E-state index in [1.165, 1.54) is 0 Å². The molecule has 2 heterocycles. The van der Waals surface area contributed by atoms with Crippen LogP contribution in [0.3, 0.4) is 0 Å². The van der Waals surface area contributed by atoms with Crippen molar-refractivity contribution in [2.75, 3.05) is 19.8 Å². The SMILES string of the molecule is CC(C)(C)N1CC2OCCOC21. The lowest BCUT2D eigenvalue weighted by Gasteiger charge is -2.55. The van der Waals surface area contributed by atoms with Crippen molar-refractivity contribution < 1.29 is 9.47 Å². The van der Waals surface area contributed by atoms with Crippen LogP contribution in [0.4, 0.5) is 0 Å². The molecule has 0 amide bonds. The van der Waals surface area contributed by atoms with Crippen LogP contribution in [0.2, 0.25) is 0 Å². The average Bonchev–Trinajstić information content (AvgIpc) is 1.88. The number of likely N-dealkylation sites (tertiary alicyclic amines) is 1. The first-order chi connectivity index (χ1) is 5.59. The zero-order chi connectivity index (χ0) is 8.77. The average molecular weight is 171 g/mol. The Morgan fingerprint density at radius 2 is 1.83 bits per heavy atom. The second kappa shape index (κ2) is 2.69. The van der Waals surface area contributed by atoms with Crippen LogP contribution in [0.15, 0.2) is 0 Å². The minimum atomic E-state index is 0.210. The van der Waals surface area contributed by atoms with Gasteiger partial charge in [-0.2, -0.15) is 0 Å². The van der Waals surface area contributed by atoms with Crippen LogP contribution in [0.1, 0.15) is 20.8 Å². The third-order valence-corrected chi connectivity index (χ3v) is 2.57. The van der Waals surface area contributed by atoms with E-state index in [4.69, 9.17) is 9.47 Å². The fourth-order valence-electron chi connectivity index (χ4n) is 1.81. The molecular weight excluding hydrogens is 154 g/mol. The van der Waals surface area contributed by atoms with Gasteiger partial charge in [-0.15, -0.1) is 0 Å². The van der Waals surface area contributed by atoms with E-state index in [0.29, 0.717) is 6.10 Å². The number of hydrogen-bond acceptors (Lipinski definition) is 3. The number of fused-ring (bicyclic) bond motifs is 1. The van der Waals surface area contributed by atoms with E-state index in [1.54, 1.807) is 0 Å². The van der Waals surface area contributed by atoms with E-state index in [-0.39, 0.29) is 11.8 Å². The van der Waals surface area contributed by atoms with Crippen LogP contribution in [-0.2, 0) is 9.47 Å². The highest BCUT2D eigenvalue weighted by molar-refractivity contribution is 4.95. The first-order valence-electron chi connectivity index (χ1n) is 4.59. The number of nitrogens with zero attached hydrogens (tertiary/aromatic N) is 1. The molecule has 0 radical (unpaired) electrons. The molecule has 2 atom stereocenters. The van der Waals surface area contributed by atoms with Crippen LogP contribution in [0.25, 0.3) is 0 Å². The Hall–Kier alpha value is -0.120. The summed E-state index contributed by atoms with van der Waals surface area (Å²) < 4.78 is 11.2. The molecule has 2 unspecified atom stereocenters. The predicted molar refractivity (Wildman–Crippen MR) is 45.9 cm³/mol. The Kier molecular flexibility index (Phi) is 1.90. The van der Waals surface area contributed by atoms with Gasteiger partial charge in [-0.05, 0) is 20.8 Å². The van der Waals surface area contributed by atoms with Crippen LogP contribution in [-0.4, -0.2) is 42.5 Å². The van der Waals surface area contributed by atoms with Crippen LogP contribution in [0, 0.1) is 0 Å². The van der Waals surface area contributed by atoms with Gasteiger partial charge in [0.25, 0.3) is 0 Å². The summed E-state index contributed by atoms with van der Waals surface area (Å²) in [5, 5.41) is 0. The van der Waals surface area contributed by atoms with Gasteiger partial charge in [0.15, 0.2) is 0 Å². The van der Waals surface area contributed by atoms with Crippen LogP contribution in [0.5, 0.6) is 0 Å². The summed E-state index contributed by atoms with van der Waals surface area (Å²) in [5.41, 5.74) is 0.210. The quantitative estimate of drug-likeness (QED) is 0.539.